The molecule has 1 aliphatic rings. The molecule has 0 saturated heterocycles. The number of rotatable bonds is 3. The molecule has 16 heavy (non-hydrogen) atoms. The number of ether oxygens (including phenoxy) is 1. The zero-order valence-corrected chi connectivity index (χ0v) is 9.79. The van der Waals surface area contributed by atoms with Crippen molar-refractivity contribution in [2.24, 2.45) is 10.8 Å². The van der Waals surface area contributed by atoms with Gasteiger partial charge in [0.25, 0.3) is 0 Å². The molecule has 5 heteroatoms. The number of hydrogen-bond donors (Lipinski definition) is 2. The molecule has 0 heterocycles. The highest BCUT2D eigenvalue weighted by Crippen LogP contribution is 2.27. The van der Waals surface area contributed by atoms with E-state index >= 15 is 0 Å². The average molecular weight is 240 g/mol. The fraction of sp³-hybridized carbons (Fsp3) is 0.364. The summed E-state index contributed by atoms with van der Waals surface area (Å²) in [5.41, 5.74) is 3.40. The van der Waals surface area contributed by atoms with Crippen molar-refractivity contribution in [2.45, 2.75) is 18.9 Å². The summed E-state index contributed by atoms with van der Waals surface area (Å²) in [7, 11) is 1.61. The van der Waals surface area contributed by atoms with Gasteiger partial charge < -0.3 is 10.2 Å². The minimum absolute atomic E-state index is 0.384. The maximum absolute atomic E-state index is 5.95. The van der Waals surface area contributed by atoms with Gasteiger partial charge in [-0.25, -0.2) is 5.84 Å². The summed E-state index contributed by atoms with van der Waals surface area (Å²) in [5.74, 6) is 6.81. The number of nitrogens with two attached hydrogens (primary N) is 1. The second-order valence-electron chi connectivity index (χ2n) is 3.70. The molecule has 0 amide bonds. The van der Waals surface area contributed by atoms with E-state index in [-0.39, 0.29) is 0 Å². The summed E-state index contributed by atoms with van der Waals surface area (Å²) in [6, 6.07) is 5.75. The molecule has 0 aliphatic heterocycles. The molecule has 0 radical (unpaired) electrons. The van der Waals surface area contributed by atoms with Crippen molar-refractivity contribution < 1.29 is 4.74 Å². The van der Waals surface area contributed by atoms with Crippen LogP contribution in [-0.4, -0.2) is 19.0 Å². The van der Waals surface area contributed by atoms with Crippen molar-refractivity contribution in [3.05, 3.63) is 28.8 Å². The molecule has 1 saturated carbocycles. The molecule has 0 atom stereocenters. The molecular formula is C11H14ClN3O. The van der Waals surface area contributed by atoms with Crippen LogP contribution in [0.2, 0.25) is 5.02 Å². The van der Waals surface area contributed by atoms with Crippen molar-refractivity contribution in [3.8, 4) is 5.75 Å². The molecule has 0 bridgehead atoms. The Balaban J connectivity index is 2.38. The fourth-order valence-electron chi connectivity index (χ4n) is 1.44. The van der Waals surface area contributed by atoms with Gasteiger partial charge in [-0.15, -0.1) is 0 Å². The fourth-order valence-corrected chi connectivity index (χ4v) is 1.61. The Labute approximate surface area is 99.4 Å². The summed E-state index contributed by atoms with van der Waals surface area (Å²) in [6.45, 7) is 0. The lowest BCUT2D eigenvalue weighted by molar-refractivity contribution is 0.413. The molecule has 1 aromatic carbocycles. The van der Waals surface area contributed by atoms with Crippen LogP contribution >= 0.6 is 11.6 Å². The molecule has 3 N–H and O–H groups in total. The molecule has 1 aromatic rings. The molecule has 0 aromatic heterocycles. The Morgan fingerprint density at radius 1 is 1.56 bits per heavy atom. The Morgan fingerprint density at radius 2 is 2.31 bits per heavy atom. The monoisotopic (exact) mass is 239 g/mol. The van der Waals surface area contributed by atoms with Crippen molar-refractivity contribution in [1.82, 2.24) is 5.43 Å². The maximum Gasteiger partial charge on any atom is 0.146 e. The molecule has 1 aliphatic carbocycles. The van der Waals surface area contributed by atoms with Crippen molar-refractivity contribution in [3.63, 3.8) is 0 Å². The lowest BCUT2D eigenvalue weighted by atomic mass is 10.2. The van der Waals surface area contributed by atoms with E-state index in [1.165, 1.54) is 0 Å². The third-order valence-electron chi connectivity index (χ3n) is 2.41. The molecule has 0 spiro atoms. The van der Waals surface area contributed by atoms with Crippen LogP contribution in [0.4, 0.5) is 0 Å². The molecule has 2 rings (SSSR count). The highest BCUT2D eigenvalue weighted by atomic mass is 35.5. The Morgan fingerprint density at radius 3 is 2.88 bits per heavy atom. The topological polar surface area (TPSA) is 59.6 Å². The van der Waals surface area contributed by atoms with E-state index in [1.54, 1.807) is 25.3 Å². The SMILES string of the molecule is COc1ccc(Cl)cc1C(=NC1CC1)NN. The van der Waals surface area contributed by atoms with E-state index < -0.39 is 0 Å². The molecule has 0 unspecified atom stereocenters. The van der Waals surface area contributed by atoms with Crippen LogP contribution in [0, 0.1) is 0 Å². The lowest BCUT2D eigenvalue weighted by Crippen LogP contribution is -2.31. The van der Waals surface area contributed by atoms with Crippen molar-refractivity contribution in [2.75, 3.05) is 7.11 Å². The highest BCUT2D eigenvalue weighted by Gasteiger charge is 2.22. The molecular weight excluding hydrogens is 226 g/mol. The summed E-state index contributed by atoms with van der Waals surface area (Å²) in [5, 5.41) is 0.634. The predicted octanol–water partition coefficient (Wildman–Crippen LogP) is 1.72. The van der Waals surface area contributed by atoms with E-state index in [1.807, 2.05) is 0 Å². The number of hydrogen-bond acceptors (Lipinski definition) is 3. The van der Waals surface area contributed by atoms with Gasteiger partial charge >= 0.3 is 0 Å². The highest BCUT2D eigenvalue weighted by molar-refractivity contribution is 6.31. The van der Waals surface area contributed by atoms with Gasteiger partial charge in [0.05, 0.1) is 18.7 Å². The van der Waals surface area contributed by atoms with Crippen LogP contribution < -0.4 is 16.0 Å². The zero-order chi connectivity index (χ0) is 11.5. The first-order chi connectivity index (χ1) is 7.74. The van der Waals surface area contributed by atoms with Gasteiger partial charge in [-0.05, 0) is 31.0 Å². The molecule has 4 nitrogen and oxygen atoms in total. The minimum Gasteiger partial charge on any atom is -0.496 e. The van der Waals surface area contributed by atoms with Crippen LogP contribution in [0.3, 0.4) is 0 Å². The largest absolute Gasteiger partial charge is 0.496 e. The van der Waals surface area contributed by atoms with Crippen LogP contribution in [-0.2, 0) is 0 Å². The average Bonchev–Trinajstić information content (AvgIpc) is 3.09. The van der Waals surface area contributed by atoms with Gasteiger partial charge in [0.1, 0.15) is 11.6 Å². The van der Waals surface area contributed by atoms with Crippen LogP contribution in [0.1, 0.15) is 18.4 Å². The maximum atomic E-state index is 5.95. The van der Waals surface area contributed by atoms with Crippen LogP contribution in [0.15, 0.2) is 23.2 Å². The first-order valence-electron chi connectivity index (χ1n) is 5.13. The Bertz CT molecular complexity index is 416. The number of methoxy groups -OCH3 is 1. The number of hydrazine groups is 1. The summed E-state index contributed by atoms with van der Waals surface area (Å²) < 4.78 is 5.25. The number of halogens is 1. The van der Waals surface area contributed by atoms with Gasteiger partial charge in [-0.2, -0.15) is 0 Å². The lowest BCUT2D eigenvalue weighted by Gasteiger charge is -2.11. The normalized spacial score (nSPS) is 16.1. The number of nitrogens with one attached hydrogen (secondary N) is 1. The second-order valence-corrected chi connectivity index (χ2v) is 4.13. The van der Waals surface area contributed by atoms with Gasteiger partial charge in [0.15, 0.2) is 0 Å². The van der Waals surface area contributed by atoms with Crippen molar-refractivity contribution in [1.29, 1.82) is 0 Å². The van der Waals surface area contributed by atoms with Gasteiger partial charge in [0, 0.05) is 5.02 Å². The third kappa shape index (κ3) is 2.46. The first kappa shape index (κ1) is 11.2. The van der Waals surface area contributed by atoms with Gasteiger partial charge in [-0.3, -0.25) is 4.99 Å². The van der Waals surface area contributed by atoms with Gasteiger partial charge in [0.2, 0.25) is 0 Å². The van der Waals surface area contributed by atoms with E-state index in [4.69, 9.17) is 22.2 Å². The second kappa shape index (κ2) is 4.72. The summed E-state index contributed by atoms with van der Waals surface area (Å²) >= 11 is 5.95. The van der Waals surface area contributed by atoms with E-state index in [2.05, 4.69) is 10.4 Å². The zero-order valence-electron chi connectivity index (χ0n) is 9.03. The van der Waals surface area contributed by atoms with Gasteiger partial charge in [-0.1, -0.05) is 11.6 Å². The third-order valence-corrected chi connectivity index (χ3v) is 2.65. The number of aliphatic imine (C=N–C) groups is 1. The molecule has 1 fully saturated rings. The van der Waals surface area contributed by atoms with Crippen molar-refractivity contribution >= 4 is 17.4 Å². The van der Waals surface area contributed by atoms with E-state index in [9.17, 15) is 0 Å². The first-order valence-corrected chi connectivity index (χ1v) is 5.50. The molecule has 86 valence electrons. The summed E-state index contributed by atoms with van der Waals surface area (Å²) in [4.78, 5) is 4.47. The Hall–Kier alpha value is -1.26. The van der Waals surface area contributed by atoms with Crippen LogP contribution in [0.25, 0.3) is 0 Å². The predicted molar refractivity (Wildman–Crippen MR) is 64.9 cm³/mol. The smallest absolute Gasteiger partial charge is 0.146 e. The number of amidine groups is 1. The van der Waals surface area contributed by atoms with Crippen LogP contribution in [0.5, 0.6) is 5.75 Å². The standard InChI is InChI=1S/C11H14ClN3O/c1-16-10-5-2-7(12)6-9(10)11(15-13)14-8-3-4-8/h2,5-6,8H,3-4,13H2,1H3,(H,14,15). The summed E-state index contributed by atoms with van der Waals surface area (Å²) in [6.07, 6.45) is 2.24. The Kier molecular flexibility index (Phi) is 3.31. The minimum atomic E-state index is 0.384. The van der Waals surface area contributed by atoms with E-state index in [0.717, 1.165) is 18.4 Å². The quantitative estimate of drug-likeness (QED) is 0.366. The number of benzene rings is 1. The van der Waals surface area contributed by atoms with E-state index in [0.29, 0.717) is 22.6 Å². The number of nitrogens with zero attached hydrogens (tertiary/aromatic N) is 1.